The van der Waals surface area contributed by atoms with Crippen LogP contribution < -0.4 is 0 Å². The molecule has 13 heavy (non-hydrogen) atoms. The molecule has 2 aliphatic heterocycles. The molecule has 0 aliphatic carbocycles. The predicted molar refractivity (Wildman–Crippen MR) is 55.2 cm³/mol. The van der Waals surface area contributed by atoms with Gasteiger partial charge in [0.05, 0.1) is 13.2 Å². The van der Waals surface area contributed by atoms with Gasteiger partial charge in [0.25, 0.3) is 0 Å². The summed E-state index contributed by atoms with van der Waals surface area (Å²) < 4.78 is 16.5. The zero-order chi connectivity index (χ0) is 8.93. The van der Waals surface area contributed by atoms with E-state index in [9.17, 15) is 0 Å². The molecule has 2 saturated heterocycles. The zero-order valence-corrected chi connectivity index (χ0v) is 9.07. The third kappa shape index (κ3) is 3.32. The molecule has 0 radical (unpaired) electrons. The van der Waals surface area contributed by atoms with Crippen molar-refractivity contribution in [2.45, 2.75) is 12.6 Å². The Morgan fingerprint density at radius 1 is 0.923 bits per heavy atom. The van der Waals surface area contributed by atoms with Gasteiger partial charge >= 0.3 is 0 Å². The molecule has 0 aromatic rings. The molecule has 0 spiro atoms. The van der Waals surface area contributed by atoms with E-state index in [4.69, 9.17) is 14.2 Å². The molecular weight excluding hydrogens is 208 g/mol. The van der Waals surface area contributed by atoms with Crippen LogP contribution in [0.5, 0.6) is 0 Å². The highest BCUT2D eigenvalue weighted by atomic mass is 32.2. The van der Waals surface area contributed by atoms with E-state index in [0.29, 0.717) is 0 Å². The van der Waals surface area contributed by atoms with Gasteiger partial charge in [0.2, 0.25) is 0 Å². The van der Waals surface area contributed by atoms with Crippen LogP contribution in [0.25, 0.3) is 0 Å². The minimum absolute atomic E-state index is 0.0533. The normalized spacial score (nSPS) is 36.0. The third-order valence-corrected chi connectivity index (χ3v) is 3.80. The monoisotopic (exact) mass is 222 g/mol. The lowest BCUT2D eigenvalue weighted by atomic mass is 10.6. The fourth-order valence-electron chi connectivity index (χ4n) is 1.26. The van der Waals surface area contributed by atoms with Crippen molar-refractivity contribution in [1.29, 1.82) is 0 Å². The Kier molecular flexibility index (Phi) is 4.24. The van der Waals surface area contributed by atoms with Crippen LogP contribution in [0, 0.1) is 0 Å². The third-order valence-electron chi connectivity index (χ3n) is 1.87. The molecule has 76 valence electrons. The van der Waals surface area contributed by atoms with Crippen LogP contribution in [-0.4, -0.2) is 48.8 Å². The molecule has 2 rings (SSSR count). The molecule has 0 aromatic carbocycles. The van der Waals surface area contributed by atoms with E-state index in [1.165, 1.54) is 0 Å². The van der Waals surface area contributed by atoms with E-state index in [1.807, 2.05) is 23.5 Å². The first-order valence-electron chi connectivity index (χ1n) is 4.49. The van der Waals surface area contributed by atoms with Gasteiger partial charge in [-0.3, -0.25) is 0 Å². The van der Waals surface area contributed by atoms with Crippen LogP contribution in [0.15, 0.2) is 0 Å². The van der Waals surface area contributed by atoms with Crippen LogP contribution in [0.1, 0.15) is 0 Å². The van der Waals surface area contributed by atoms with E-state index in [0.717, 1.165) is 36.2 Å². The topological polar surface area (TPSA) is 27.7 Å². The van der Waals surface area contributed by atoms with Crippen molar-refractivity contribution >= 4 is 23.5 Å². The standard InChI is InChI=1S/C8H14O3S2/c1-3-12-5-7(9-1)11-8-6-13-4-2-10-8/h7-8H,1-6H2. The highest BCUT2D eigenvalue weighted by Crippen LogP contribution is 2.19. The van der Waals surface area contributed by atoms with E-state index >= 15 is 0 Å². The lowest BCUT2D eigenvalue weighted by Gasteiger charge is -2.29. The second-order valence-electron chi connectivity index (χ2n) is 2.89. The summed E-state index contributed by atoms with van der Waals surface area (Å²) in [6, 6.07) is 0. The summed E-state index contributed by atoms with van der Waals surface area (Å²) in [4.78, 5) is 0. The first kappa shape index (κ1) is 10.1. The summed E-state index contributed by atoms with van der Waals surface area (Å²) in [6.07, 6.45) is -0.107. The summed E-state index contributed by atoms with van der Waals surface area (Å²) in [6.45, 7) is 1.60. The van der Waals surface area contributed by atoms with Gasteiger partial charge in [0, 0.05) is 23.0 Å². The van der Waals surface area contributed by atoms with E-state index in [2.05, 4.69) is 0 Å². The molecule has 2 heterocycles. The van der Waals surface area contributed by atoms with Crippen LogP contribution in [0.4, 0.5) is 0 Å². The van der Waals surface area contributed by atoms with Gasteiger partial charge in [-0.05, 0) is 0 Å². The fourth-order valence-corrected chi connectivity index (χ4v) is 2.75. The van der Waals surface area contributed by atoms with Crippen LogP contribution in [0.2, 0.25) is 0 Å². The minimum atomic E-state index is -0.0533. The van der Waals surface area contributed by atoms with Crippen molar-refractivity contribution < 1.29 is 14.2 Å². The van der Waals surface area contributed by atoms with E-state index < -0.39 is 0 Å². The Labute approximate surface area is 86.9 Å². The van der Waals surface area contributed by atoms with Crippen molar-refractivity contribution in [3.8, 4) is 0 Å². The molecule has 2 aliphatic rings. The van der Waals surface area contributed by atoms with Crippen molar-refractivity contribution in [3.63, 3.8) is 0 Å². The quantitative estimate of drug-likeness (QED) is 0.699. The molecule has 2 unspecified atom stereocenters. The van der Waals surface area contributed by atoms with Crippen molar-refractivity contribution in [2.24, 2.45) is 0 Å². The first-order chi connectivity index (χ1) is 6.45. The molecule has 5 heteroatoms. The Morgan fingerprint density at radius 3 is 1.85 bits per heavy atom. The second kappa shape index (κ2) is 5.46. The average molecular weight is 222 g/mol. The molecule has 0 amide bonds. The summed E-state index contributed by atoms with van der Waals surface area (Å²) in [5, 5.41) is 0. The van der Waals surface area contributed by atoms with Crippen molar-refractivity contribution in [2.75, 3.05) is 36.2 Å². The summed E-state index contributed by atoms with van der Waals surface area (Å²) >= 11 is 3.76. The molecule has 0 saturated carbocycles. The number of hydrogen-bond donors (Lipinski definition) is 0. The average Bonchev–Trinajstić information content (AvgIpc) is 2.21. The van der Waals surface area contributed by atoms with Gasteiger partial charge in [0.1, 0.15) is 0 Å². The van der Waals surface area contributed by atoms with Crippen LogP contribution in [0.3, 0.4) is 0 Å². The van der Waals surface area contributed by atoms with Gasteiger partial charge in [0.15, 0.2) is 12.6 Å². The molecule has 0 bridgehead atoms. The summed E-state index contributed by atoms with van der Waals surface area (Å²) in [5.74, 6) is 4.04. The van der Waals surface area contributed by atoms with Gasteiger partial charge < -0.3 is 14.2 Å². The SMILES string of the molecule is C1CSCC(OC2CSCCO2)O1. The molecular formula is C8H14O3S2. The van der Waals surface area contributed by atoms with E-state index in [-0.39, 0.29) is 12.6 Å². The van der Waals surface area contributed by atoms with Crippen molar-refractivity contribution in [1.82, 2.24) is 0 Å². The Bertz CT molecular complexity index is 128. The van der Waals surface area contributed by atoms with Gasteiger partial charge in [-0.2, -0.15) is 23.5 Å². The Balaban J connectivity index is 1.69. The number of rotatable bonds is 2. The minimum Gasteiger partial charge on any atom is -0.351 e. The molecule has 3 nitrogen and oxygen atoms in total. The maximum absolute atomic E-state index is 5.65. The lowest BCUT2D eigenvalue weighted by Crippen LogP contribution is -2.35. The van der Waals surface area contributed by atoms with E-state index in [1.54, 1.807) is 0 Å². The Hall–Kier alpha value is 0.580. The number of hydrogen-bond acceptors (Lipinski definition) is 5. The Morgan fingerprint density at radius 2 is 1.46 bits per heavy atom. The number of thioether (sulfide) groups is 2. The maximum Gasteiger partial charge on any atom is 0.169 e. The second-order valence-corrected chi connectivity index (χ2v) is 5.19. The smallest absolute Gasteiger partial charge is 0.169 e. The highest BCUT2D eigenvalue weighted by molar-refractivity contribution is 7.99. The predicted octanol–water partition coefficient (Wildman–Crippen LogP) is 1.18. The lowest BCUT2D eigenvalue weighted by molar-refractivity contribution is -0.227. The highest BCUT2D eigenvalue weighted by Gasteiger charge is 2.22. The fraction of sp³-hybridized carbons (Fsp3) is 1.00. The number of ether oxygens (including phenoxy) is 3. The van der Waals surface area contributed by atoms with Gasteiger partial charge in [-0.25, -0.2) is 0 Å². The molecule has 2 fully saturated rings. The molecule has 0 N–H and O–H groups in total. The van der Waals surface area contributed by atoms with Gasteiger partial charge in [-0.15, -0.1) is 0 Å². The zero-order valence-electron chi connectivity index (χ0n) is 7.44. The van der Waals surface area contributed by atoms with Crippen LogP contribution >= 0.6 is 23.5 Å². The van der Waals surface area contributed by atoms with Crippen LogP contribution in [-0.2, 0) is 14.2 Å². The summed E-state index contributed by atoms with van der Waals surface area (Å²) in [7, 11) is 0. The first-order valence-corrected chi connectivity index (χ1v) is 6.80. The maximum atomic E-state index is 5.65. The molecule has 2 atom stereocenters. The molecule has 0 aromatic heterocycles. The van der Waals surface area contributed by atoms with Gasteiger partial charge in [-0.1, -0.05) is 0 Å². The summed E-state index contributed by atoms with van der Waals surface area (Å²) in [5.41, 5.74) is 0. The van der Waals surface area contributed by atoms with Crippen molar-refractivity contribution in [3.05, 3.63) is 0 Å². The largest absolute Gasteiger partial charge is 0.351 e.